The highest BCUT2D eigenvalue weighted by atomic mass is 35.5. The number of aromatic nitrogens is 1. The highest BCUT2D eigenvalue weighted by Gasteiger charge is 2.35. The van der Waals surface area contributed by atoms with Gasteiger partial charge in [-0.2, -0.15) is 0 Å². The molecule has 2 aromatic rings. The van der Waals surface area contributed by atoms with Gasteiger partial charge in [-0.15, -0.1) is 0 Å². The van der Waals surface area contributed by atoms with Crippen molar-refractivity contribution in [2.24, 2.45) is 0 Å². The predicted octanol–water partition coefficient (Wildman–Crippen LogP) is 3.70. The SMILES string of the molecule is Clc1ccc(-c2cncc(C3=C4C=C4N(CCN4CCOCC4)C3)c2)cc1. The van der Waals surface area contributed by atoms with Crippen LogP contribution in [0.15, 0.2) is 60.1 Å². The zero-order valence-corrected chi connectivity index (χ0v) is 16.0. The second kappa shape index (κ2) is 7.12. The highest BCUT2D eigenvalue weighted by molar-refractivity contribution is 6.30. The first kappa shape index (κ1) is 17.0. The number of benzene rings is 1. The smallest absolute Gasteiger partial charge is 0.0594 e. The average molecular weight is 380 g/mol. The van der Waals surface area contributed by atoms with E-state index in [0.717, 1.165) is 62.1 Å². The maximum Gasteiger partial charge on any atom is 0.0594 e. The van der Waals surface area contributed by atoms with Gasteiger partial charge in [0.15, 0.2) is 0 Å². The molecule has 0 saturated carbocycles. The molecule has 138 valence electrons. The van der Waals surface area contributed by atoms with Crippen LogP contribution >= 0.6 is 11.6 Å². The molecule has 4 nitrogen and oxygen atoms in total. The number of nitrogens with zero attached hydrogens (tertiary/aromatic N) is 3. The van der Waals surface area contributed by atoms with Crippen LogP contribution in [0.1, 0.15) is 5.56 Å². The van der Waals surface area contributed by atoms with Crippen molar-refractivity contribution in [3.63, 3.8) is 0 Å². The van der Waals surface area contributed by atoms with E-state index in [2.05, 4.69) is 26.9 Å². The molecule has 3 aliphatic rings. The first-order chi connectivity index (χ1) is 13.3. The Hall–Kier alpha value is -2.14. The molecular weight excluding hydrogens is 358 g/mol. The monoisotopic (exact) mass is 379 g/mol. The highest BCUT2D eigenvalue weighted by Crippen LogP contribution is 2.45. The van der Waals surface area contributed by atoms with E-state index in [4.69, 9.17) is 16.3 Å². The van der Waals surface area contributed by atoms with E-state index in [0.29, 0.717) is 0 Å². The minimum atomic E-state index is 0.756. The van der Waals surface area contributed by atoms with Crippen molar-refractivity contribution in [1.82, 2.24) is 14.8 Å². The molecule has 0 bridgehead atoms. The van der Waals surface area contributed by atoms with Crippen molar-refractivity contribution in [2.75, 3.05) is 45.9 Å². The fourth-order valence-electron chi connectivity index (χ4n) is 3.90. The molecule has 1 aliphatic carbocycles. The second-order valence-corrected chi connectivity index (χ2v) is 7.70. The van der Waals surface area contributed by atoms with Gasteiger partial charge in [-0.1, -0.05) is 23.7 Å². The molecule has 5 rings (SSSR count). The summed E-state index contributed by atoms with van der Waals surface area (Å²) in [4.78, 5) is 9.48. The maximum absolute atomic E-state index is 6.01. The van der Waals surface area contributed by atoms with Crippen LogP contribution in [-0.2, 0) is 4.74 Å². The van der Waals surface area contributed by atoms with Gasteiger partial charge in [0.2, 0.25) is 0 Å². The number of morpholine rings is 1. The summed E-state index contributed by atoms with van der Waals surface area (Å²) in [6.45, 7) is 6.98. The molecule has 0 atom stereocenters. The number of allylic oxidation sites excluding steroid dienone is 2. The normalized spacial score (nSPS) is 19.3. The number of halogens is 1. The Morgan fingerprint density at radius 2 is 1.74 bits per heavy atom. The predicted molar refractivity (Wildman–Crippen MR) is 109 cm³/mol. The Kier molecular flexibility index (Phi) is 4.48. The molecule has 2 aliphatic heterocycles. The number of fused-ring (bicyclic) bond motifs is 1. The van der Waals surface area contributed by atoms with Crippen molar-refractivity contribution in [2.45, 2.75) is 0 Å². The largest absolute Gasteiger partial charge is 0.379 e. The molecular formula is C22H22ClN3O. The summed E-state index contributed by atoms with van der Waals surface area (Å²) >= 11 is 6.01. The number of hydrogen-bond donors (Lipinski definition) is 0. The van der Waals surface area contributed by atoms with Gasteiger partial charge in [-0.05, 0) is 41.0 Å². The van der Waals surface area contributed by atoms with Gasteiger partial charge in [0.1, 0.15) is 0 Å². The molecule has 5 heteroatoms. The summed E-state index contributed by atoms with van der Waals surface area (Å²) in [7, 11) is 0. The van der Waals surface area contributed by atoms with E-state index in [1.165, 1.54) is 22.4 Å². The van der Waals surface area contributed by atoms with Crippen molar-refractivity contribution >= 4 is 17.2 Å². The zero-order chi connectivity index (χ0) is 18.2. The summed E-state index contributed by atoms with van der Waals surface area (Å²) in [5, 5.41) is 0.756. The van der Waals surface area contributed by atoms with Crippen LogP contribution in [0.5, 0.6) is 0 Å². The number of ether oxygens (including phenoxy) is 1. The van der Waals surface area contributed by atoms with Crippen LogP contribution in [0.4, 0.5) is 0 Å². The number of rotatable bonds is 5. The Bertz CT molecular complexity index is 913. The van der Waals surface area contributed by atoms with Gasteiger partial charge in [0, 0.05) is 67.0 Å². The molecule has 3 heterocycles. The summed E-state index contributed by atoms with van der Waals surface area (Å²) in [5.74, 6) is 0. The summed E-state index contributed by atoms with van der Waals surface area (Å²) in [6, 6.07) is 10.2. The average Bonchev–Trinajstić information content (AvgIpc) is 3.43. The topological polar surface area (TPSA) is 28.6 Å². The number of hydrogen-bond acceptors (Lipinski definition) is 4. The Morgan fingerprint density at radius 3 is 2.56 bits per heavy atom. The molecule has 0 spiro atoms. The third kappa shape index (κ3) is 3.53. The van der Waals surface area contributed by atoms with E-state index in [1.807, 2.05) is 36.7 Å². The van der Waals surface area contributed by atoms with Crippen LogP contribution < -0.4 is 0 Å². The molecule has 0 amide bonds. The first-order valence-corrected chi connectivity index (χ1v) is 9.87. The Labute approximate surface area is 164 Å². The minimum absolute atomic E-state index is 0.756. The fraction of sp³-hybridized carbons (Fsp3) is 0.318. The van der Waals surface area contributed by atoms with Gasteiger partial charge in [0.25, 0.3) is 0 Å². The van der Waals surface area contributed by atoms with E-state index >= 15 is 0 Å². The Morgan fingerprint density at radius 1 is 0.963 bits per heavy atom. The minimum Gasteiger partial charge on any atom is -0.379 e. The van der Waals surface area contributed by atoms with Crippen LogP contribution in [0.2, 0.25) is 5.02 Å². The summed E-state index contributed by atoms with van der Waals surface area (Å²) in [5.41, 5.74) is 7.71. The standard InChI is InChI=1S/C22H22ClN3O/c23-19-3-1-16(2-4-19)17-11-18(14-24-13-17)21-15-26(22-12-20(21)22)6-5-25-7-9-27-10-8-25/h1-4,11-14H,5-10,15H2. The maximum atomic E-state index is 6.01. The van der Waals surface area contributed by atoms with Gasteiger partial charge in [-0.3, -0.25) is 9.88 Å². The molecule has 0 N–H and O–H groups in total. The Balaban J connectivity index is 1.28. The van der Waals surface area contributed by atoms with E-state index in [-0.39, 0.29) is 0 Å². The second-order valence-electron chi connectivity index (χ2n) is 7.27. The molecule has 0 unspecified atom stereocenters. The third-order valence-corrected chi connectivity index (χ3v) is 5.79. The number of pyridine rings is 1. The van der Waals surface area contributed by atoms with Gasteiger partial charge in [-0.25, -0.2) is 0 Å². The fourth-order valence-corrected chi connectivity index (χ4v) is 4.03. The van der Waals surface area contributed by atoms with Gasteiger partial charge >= 0.3 is 0 Å². The quantitative estimate of drug-likeness (QED) is 0.792. The van der Waals surface area contributed by atoms with Crippen LogP contribution in [0.3, 0.4) is 0 Å². The van der Waals surface area contributed by atoms with Crippen molar-refractivity contribution in [3.05, 3.63) is 70.7 Å². The van der Waals surface area contributed by atoms with Crippen molar-refractivity contribution in [1.29, 1.82) is 0 Å². The molecule has 1 fully saturated rings. The van der Waals surface area contributed by atoms with Gasteiger partial charge < -0.3 is 9.64 Å². The molecule has 1 saturated heterocycles. The van der Waals surface area contributed by atoms with Crippen molar-refractivity contribution < 1.29 is 4.74 Å². The first-order valence-electron chi connectivity index (χ1n) is 9.49. The lowest BCUT2D eigenvalue weighted by Gasteiger charge is -2.29. The van der Waals surface area contributed by atoms with Crippen molar-refractivity contribution in [3.8, 4) is 11.1 Å². The molecule has 1 aromatic carbocycles. The zero-order valence-electron chi connectivity index (χ0n) is 15.2. The van der Waals surface area contributed by atoms with Gasteiger partial charge in [0.05, 0.1) is 13.2 Å². The summed E-state index contributed by atoms with van der Waals surface area (Å²) < 4.78 is 5.44. The lowest BCUT2D eigenvalue weighted by Crippen LogP contribution is -2.40. The molecule has 1 aromatic heterocycles. The molecule has 27 heavy (non-hydrogen) atoms. The third-order valence-electron chi connectivity index (χ3n) is 5.54. The van der Waals surface area contributed by atoms with Crippen LogP contribution in [0, 0.1) is 0 Å². The lowest BCUT2D eigenvalue weighted by atomic mass is 10.0. The van der Waals surface area contributed by atoms with E-state index in [9.17, 15) is 0 Å². The van der Waals surface area contributed by atoms with Crippen LogP contribution in [-0.4, -0.2) is 60.7 Å². The lowest BCUT2D eigenvalue weighted by molar-refractivity contribution is 0.0356. The molecule has 0 radical (unpaired) electrons. The summed E-state index contributed by atoms with van der Waals surface area (Å²) in [6.07, 6.45) is 6.20. The van der Waals surface area contributed by atoms with Crippen LogP contribution in [0.25, 0.3) is 16.7 Å². The van der Waals surface area contributed by atoms with E-state index < -0.39 is 0 Å². The van der Waals surface area contributed by atoms with E-state index in [1.54, 1.807) is 0 Å².